The molecule has 0 saturated carbocycles. The van der Waals surface area contributed by atoms with Crippen LogP contribution in [0.5, 0.6) is 0 Å². The minimum absolute atomic E-state index is 0.226. The highest BCUT2D eigenvalue weighted by atomic mass is 32.1. The Kier molecular flexibility index (Phi) is 4.68. The average Bonchev–Trinajstić information content (AvgIpc) is 3.25. The number of carbonyl (C=O) groups is 2. The van der Waals surface area contributed by atoms with E-state index in [9.17, 15) is 9.59 Å². The first kappa shape index (κ1) is 16.7. The number of ether oxygens (including phenoxy) is 1. The molecule has 0 aliphatic rings. The molecule has 3 rings (SSSR count). The van der Waals surface area contributed by atoms with Gasteiger partial charge >= 0.3 is 5.97 Å². The standard InChI is InChI=1S/C16H17N3O3S2/c1-10-12-7-13(24-15(12)19(3)17-10)16(21)22-9-14(20)18(2)8-11-5-4-6-23-11/h4-7H,8-9H2,1-3H3. The number of aryl methyl sites for hydroxylation is 2. The molecule has 0 fully saturated rings. The Morgan fingerprint density at radius 3 is 2.88 bits per heavy atom. The lowest BCUT2D eigenvalue weighted by Gasteiger charge is -2.15. The number of aromatic nitrogens is 2. The van der Waals surface area contributed by atoms with Crippen molar-refractivity contribution in [2.24, 2.45) is 7.05 Å². The summed E-state index contributed by atoms with van der Waals surface area (Å²) in [6.07, 6.45) is 0. The third-order valence-corrected chi connectivity index (χ3v) is 5.67. The molecule has 0 aliphatic carbocycles. The Labute approximate surface area is 147 Å². The number of carbonyl (C=O) groups excluding carboxylic acids is 2. The number of rotatable bonds is 5. The number of thiophene rings is 2. The third-order valence-electron chi connectivity index (χ3n) is 3.62. The Hall–Kier alpha value is -2.19. The molecule has 0 aromatic carbocycles. The molecule has 3 aromatic rings. The Morgan fingerprint density at radius 1 is 1.42 bits per heavy atom. The lowest BCUT2D eigenvalue weighted by atomic mass is 10.3. The lowest BCUT2D eigenvalue weighted by molar-refractivity contribution is -0.133. The van der Waals surface area contributed by atoms with Gasteiger partial charge in [-0.05, 0) is 24.4 Å². The van der Waals surface area contributed by atoms with Crippen LogP contribution >= 0.6 is 22.7 Å². The van der Waals surface area contributed by atoms with Crippen LogP contribution in [0.15, 0.2) is 23.6 Å². The maximum absolute atomic E-state index is 12.2. The van der Waals surface area contributed by atoms with E-state index in [-0.39, 0.29) is 12.5 Å². The molecule has 3 aromatic heterocycles. The fourth-order valence-corrected chi connectivity index (χ4v) is 4.11. The molecule has 126 valence electrons. The summed E-state index contributed by atoms with van der Waals surface area (Å²) >= 11 is 2.91. The monoisotopic (exact) mass is 363 g/mol. The first-order valence-corrected chi connectivity index (χ1v) is 9.02. The molecule has 8 heteroatoms. The zero-order chi connectivity index (χ0) is 17.3. The fraction of sp³-hybridized carbons (Fsp3) is 0.312. The summed E-state index contributed by atoms with van der Waals surface area (Å²) in [5, 5.41) is 7.20. The SMILES string of the molecule is Cc1nn(C)c2sc(C(=O)OCC(=O)N(C)Cc3cccs3)cc12. The summed E-state index contributed by atoms with van der Waals surface area (Å²) in [4.78, 5) is 28.3. The number of fused-ring (bicyclic) bond motifs is 1. The van der Waals surface area contributed by atoms with Gasteiger partial charge in [-0.3, -0.25) is 9.48 Å². The maximum atomic E-state index is 12.2. The molecule has 24 heavy (non-hydrogen) atoms. The summed E-state index contributed by atoms with van der Waals surface area (Å²) in [7, 11) is 3.54. The van der Waals surface area contributed by atoms with Crippen LogP contribution in [0.3, 0.4) is 0 Å². The normalized spacial score (nSPS) is 11.0. The van der Waals surface area contributed by atoms with Gasteiger partial charge in [0.05, 0.1) is 12.2 Å². The smallest absolute Gasteiger partial charge is 0.348 e. The highest BCUT2D eigenvalue weighted by Crippen LogP contribution is 2.28. The molecule has 1 amide bonds. The van der Waals surface area contributed by atoms with E-state index in [2.05, 4.69) is 5.10 Å². The minimum Gasteiger partial charge on any atom is -0.451 e. The van der Waals surface area contributed by atoms with Crippen molar-refractivity contribution in [3.8, 4) is 0 Å². The van der Waals surface area contributed by atoms with Crippen molar-refractivity contribution in [3.05, 3.63) is 39.0 Å². The topological polar surface area (TPSA) is 64.4 Å². The number of hydrogen-bond donors (Lipinski definition) is 0. The second kappa shape index (κ2) is 6.74. The van der Waals surface area contributed by atoms with E-state index in [1.165, 1.54) is 11.3 Å². The van der Waals surface area contributed by atoms with Crippen LogP contribution in [0.25, 0.3) is 10.2 Å². The van der Waals surface area contributed by atoms with Gasteiger partial charge in [0.25, 0.3) is 5.91 Å². The van der Waals surface area contributed by atoms with Gasteiger partial charge in [0.15, 0.2) is 6.61 Å². The van der Waals surface area contributed by atoms with E-state index in [4.69, 9.17) is 4.74 Å². The lowest BCUT2D eigenvalue weighted by Crippen LogP contribution is -2.30. The zero-order valence-corrected chi connectivity index (χ0v) is 15.2. The summed E-state index contributed by atoms with van der Waals surface area (Å²) in [5.74, 6) is -0.704. The molecule has 0 N–H and O–H groups in total. The van der Waals surface area contributed by atoms with E-state index >= 15 is 0 Å². The first-order chi connectivity index (χ1) is 11.5. The second-order valence-corrected chi connectivity index (χ2v) is 7.51. The Bertz CT molecular complexity index is 846. The van der Waals surface area contributed by atoms with E-state index in [0.29, 0.717) is 11.4 Å². The molecule has 0 aliphatic heterocycles. The van der Waals surface area contributed by atoms with E-state index in [0.717, 1.165) is 20.8 Å². The fourth-order valence-electron chi connectivity index (χ4n) is 2.34. The van der Waals surface area contributed by atoms with Crippen LogP contribution in [-0.2, 0) is 23.1 Å². The van der Waals surface area contributed by atoms with E-state index in [1.807, 2.05) is 31.5 Å². The van der Waals surface area contributed by atoms with Crippen molar-refractivity contribution in [3.63, 3.8) is 0 Å². The van der Waals surface area contributed by atoms with Crippen LogP contribution in [-0.4, -0.2) is 40.2 Å². The van der Waals surface area contributed by atoms with Gasteiger partial charge in [0.2, 0.25) is 0 Å². The summed E-state index contributed by atoms with van der Waals surface area (Å²) in [6.45, 7) is 2.15. The molecule has 3 heterocycles. The number of esters is 1. The molecule has 6 nitrogen and oxygen atoms in total. The summed E-state index contributed by atoms with van der Waals surface area (Å²) in [6, 6.07) is 5.68. The van der Waals surface area contributed by atoms with E-state index < -0.39 is 5.97 Å². The highest BCUT2D eigenvalue weighted by molar-refractivity contribution is 7.20. The van der Waals surface area contributed by atoms with Crippen LogP contribution in [0, 0.1) is 6.92 Å². The van der Waals surface area contributed by atoms with Crippen LogP contribution in [0.1, 0.15) is 20.2 Å². The van der Waals surface area contributed by atoms with E-state index in [1.54, 1.807) is 34.0 Å². The van der Waals surface area contributed by atoms with Crippen molar-refractivity contribution in [1.82, 2.24) is 14.7 Å². The van der Waals surface area contributed by atoms with Crippen molar-refractivity contribution < 1.29 is 14.3 Å². The molecule has 0 spiro atoms. The maximum Gasteiger partial charge on any atom is 0.348 e. The van der Waals surface area contributed by atoms with Gasteiger partial charge < -0.3 is 9.64 Å². The van der Waals surface area contributed by atoms with Gasteiger partial charge in [-0.2, -0.15) is 5.10 Å². The van der Waals surface area contributed by atoms with Crippen LogP contribution in [0.2, 0.25) is 0 Å². The van der Waals surface area contributed by atoms with Gasteiger partial charge in [-0.25, -0.2) is 4.79 Å². The molecule has 0 radical (unpaired) electrons. The summed E-state index contributed by atoms with van der Waals surface area (Å²) < 4.78 is 6.91. The molecule has 0 atom stereocenters. The predicted octanol–water partition coefficient (Wildman–Crippen LogP) is 2.82. The first-order valence-electron chi connectivity index (χ1n) is 7.32. The van der Waals surface area contributed by atoms with Crippen molar-refractivity contribution in [2.45, 2.75) is 13.5 Å². The molecule has 0 unspecified atom stereocenters. The predicted molar refractivity (Wildman–Crippen MR) is 94.4 cm³/mol. The number of amides is 1. The average molecular weight is 363 g/mol. The molecular weight excluding hydrogens is 346 g/mol. The van der Waals surface area contributed by atoms with Crippen LogP contribution < -0.4 is 0 Å². The minimum atomic E-state index is -0.478. The number of nitrogens with zero attached hydrogens (tertiary/aromatic N) is 3. The van der Waals surface area contributed by atoms with Crippen molar-refractivity contribution in [1.29, 1.82) is 0 Å². The quantitative estimate of drug-likeness (QED) is 0.654. The largest absolute Gasteiger partial charge is 0.451 e. The zero-order valence-electron chi connectivity index (χ0n) is 13.6. The molecular formula is C16H17N3O3S2. The number of hydrogen-bond acceptors (Lipinski definition) is 6. The third kappa shape index (κ3) is 3.34. The Balaban J connectivity index is 1.59. The van der Waals surface area contributed by atoms with Gasteiger partial charge in [0.1, 0.15) is 9.71 Å². The number of likely N-dealkylation sites (N-methyl/N-ethyl adjacent to an activating group) is 1. The summed E-state index contributed by atoms with van der Waals surface area (Å²) in [5.41, 5.74) is 0.870. The molecule has 0 bridgehead atoms. The van der Waals surface area contributed by atoms with Crippen molar-refractivity contribution >= 4 is 44.8 Å². The van der Waals surface area contributed by atoms with Crippen LogP contribution in [0.4, 0.5) is 0 Å². The second-order valence-electron chi connectivity index (χ2n) is 5.44. The Morgan fingerprint density at radius 2 is 2.21 bits per heavy atom. The van der Waals surface area contributed by atoms with Gasteiger partial charge in [0, 0.05) is 24.4 Å². The molecule has 0 saturated heterocycles. The van der Waals surface area contributed by atoms with Gasteiger partial charge in [-0.15, -0.1) is 22.7 Å². The van der Waals surface area contributed by atoms with Gasteiger partial charge in [-0.1, -0.05) is 6.07 Å². The highest BCUT2D eigenvalue weighted by Gasteiger charge is 2.18. The van der Waals surface area contributed by atoms with Crippen molar-refractivity contribution in [2.75, 3.05) is 13.7 Å².